The third-order valence-electron chi connectivity index (χ3n) is 3.25. The molecule has 1 aromatic rings. The Morgan fingerprint density at radius 3 is 2.70 bits per heavy atom. The van der Waals surface area contributed by atoms with Crippen LogP contribution in [0.3, 0.4) is 0 Å². The molecule has 110 valence electrons. The summed E-state index contributed by atoms with van der Waals surface area (Å²) in [4.78, 5) is 12.0. The lowest BCUT2D eigenvalue weighted by atomic mass is 10.1. The molecule has 1 N–H and O–H groups in total. The van der Waals surface area contributed by atoms with Gasteiger partial charge in [0.1, 0.15) is 5.75 Å². The number of hydrogen-bond acceptors (Lipinski definition) is 3. The molecule has 0 bridgehead atoms. The van der Waals surface area contributed by atoms with E-state index in [0.29, 0.717) is 25.2 Å². The van der Waals surface area contributed by atoms with E-state index in [4.69, 9.17) is 4.74 Å². The van der Waals surface area contributed by atoms with Gasteiger partial charge in [0, 0.05) is 31.2 Å². The molecule has 20 heavy (non-hydrogen) atoms. The van der Waals surface area contributed by atoms with Crippen molar-refractivity contribution in [2.75, 3.05) is 20.2 Å². The van der Waals surface area contributed by atoms with Crippen LogP contribution in [0.1, 0.15) is 11.1 Å². The number of nitrogens with one attached hydrogen (secondary N) is 1. The molecule has 0 aliphatic carbocycles. The molecule has 1 aliphatic rings. The number of nitrogens with zero attached hydrogens (tertiary/aromatic N) is 1. The molecule has 1 aliphatic heterocycles. The quantitative estimate of drug-likeness (QED) is 0.838. The van der Waals surface area contributed by atoms with Crippen LogP contribution in [0.15, 0.2) is 18.2 Å². The lowest BCUT2D eigenvalue weighted by Gasteiger charge is -2.37. The second-order valence-corrected chi connectivity index (χ2v) is 4.66. The number of methoxy groups -OCH3 is 1. The number of halogens is 3. The zero-order valence-corrected chi connectivity index (χ0v) is 10.9. The zero-order valence-electron chi connectivity index (χ0n) is 10.9. The molecule has 0 saturated carbocycles. The summed E-state index contributed by atoms with van der Waals surface area (Å²) in [6.45, 7) is 1.64. The van der Waals surface area contributed by atoms with Gasteiger partial charge in [-0.2, -0.15) is 13.2 Å². The van der Waals surface area contributed by atoms with Crippen LogP contribution >= 0.6 is 0 Å². The van der Waals surface area contributed by atoms with Gasteiger partial charge in [-0.25, -0.2) is 0 Å². The fourth-order valence-corrected chi connectivity index (χ4v) is 2.05. The number of benzene rings is 1. The Balaban J connectivity index is 1.99. The summed E-state index contributed by atoms with van der Waals surface area (Å²) >= 11 is 0. The number of alkyl halides is 3. The molecule has 0 aromatic heterocycles. The van der Waals surface area contributed by atoms with Crippen molar-refractivity contribution in [2.45, 2.75) is 18.8 Å². The predicted octanol–water partition coefficient (Wildman–Crippen LogP) is 1.64. The van der Waals surface area contributed by atoms with Crippen LogP contribution in [0, 0.1) is 0 Å². The van der Waals surface area contributed by atoms with E-state index in [2.05, 4.69) is 5.32 Å². The average molecular weight is 288 g/mol. The van der Waals surface area contributed by atoms with Crippen molar-refractivity contribution in [1.29, 1.82) is 0 Å². The van der Waals surface area contributed by atoms with Gasteiger partial charge in [0.2, 0.25) is 6.41 Å². The van der Waals surface area contributed by atoms with E-state index in [9.17, 15) is 18.0 Å². The zero-order chi connectivity index (χ0) is 14.8. The van der Waals surface area contributed by atoms with Crippen LogP contribution in [0.4, 0.5) is 13.2 Å². The van der Waals surface area contributed by atoms with Crippen molar-refractivity contribution in [2.24, 2.45) is 0 Å². The maximum Gasteiger partial charge on any atom is 0.416 e. The average Bonchev–Trinajstić information content (AvgIpc) is 2.36. The SMILES string of the molecule is COc1cc(C(F)(F)F)ccc1CNC1CN(C=O)C1. The second-order valence-electron chi connectivity index (χ2n) is 4.66. The summed E-state index contributed by atoms with van der Waals surface area (Å²) in [6.07, 6.45) is -3.60. The van der Waals surface area contributed by atoms with Crippen molar-refractivity contribution in [3.63, 3.8) is 0 Å². The van der Waals surface area contributed by atoms with Crippen LogP contribution in [-0.4, -0.2) is 37.6 Å². The van der Waals surface area contributed by atoms with Crippen molar-refractivity contribution in [3.8, 4) is 5.75 Å². The van der Waals surface area contributed by atoms with Crippen molar-refractivity contribution < 1.29 is 22.7 Å². The molecule has 1 amide bonds. The summed E-state index contributed by atoms with van der Waals surface area (Å²) in [6, 6.07) is 3.62. The van der Waals surface area contributed by atoms with E-state index in [1.165, 1.54) is 13.2 Å². The third-order valence-corrected chi connectivity index (χ3v) is 3.25. The Kier molecular flexibility index (Phi) is 4.17. The van der Waals surface area contributed by atoms with Gasteiger partial charge < -0.3 is 15.0 Å². The van der Waals surface area contributed by atoms with E-state index in [1.807, 2.05) is 0 Å². The van der Waals surface area contributed by atoms with Crippen molar-refractivity contribution in [1.82, 2.24) is 10.2 Å². The molecule has 1 heterocycles. The molecular formula is C13H15F3N2O2. The summed E-state index contributed by atoms with van der Waals surface area (Å²) in [5.41, 5.74) is -0.0704. The van der Waals surface area contributed by atoms with E-state index in [1.54, 1.807) is 4.90 Å². The molecule has 0 atom stereocenters. The predicted molar refractivity (Wildman–Crippen MR) is 66.3 cm³/mol. The van der Waals surface area contributed by atoms with Crippen LogP contribution < -0.4 is 10.1 Å². The maximum atomic E-state index is 12.6. The topological polar surface area (TPSA) is 41.6 Å². The van der Waals surface area contributed by atoms with Gasteiger partial charge in [-0.15, -0.1) is 0 Å². The normalized spacial score (nSPS) is 15.9. The maximum absolute atomic E-state index is 12.6. The fourth-order valence-electron chi connectivity index (χ4n) is 2.05. The number of hydrogen-bond donors (Lipinski definition) is 1. The Morgan fingerprint density at radius 2 is 2.15 bits per heavy atom. The fraction of sp³-hybridized carbons (Fsp3) is 0.462. The second kappa shape index (κ2) is 5.70. The number of amides is 1. The third kappa shape index (κ3) is 3.22. The standard InChI is InChI=1S/C13H15F3N2O2/c1-20-12-4-10(13(14,15)16)3-2-9(12)5-17-11-6-18(7-11)8-19/h2-4,8,11,17H,5-7H2,1H3. The molecule has 0 radical (unpaired) electrons. The van der Waals surface area contributed by atoms with Crippen LogP contribution in [0.5, 0.6) is 5.75 Å². The van der Waals surface area contributed by atoms with Crippen LogP contribution in [-0.2, 0) is 17.5 Å². The van der Waals surface area contributed by atoms with Gasteiger partial charge in [-0.3, -0.25) is 4.79 Å². The highest BCUT2D eigenvalue weighted by atomic mass is 19.4. The Morgan fingerprint density at radius 1 is 1.45 bits per heavy atom. The van der Waals surface area contributed by atoms with Gasteiger partial charge in [-0.1, -0.05) is 6.07 Å². The molecule has 1 saturated heterocycles. The number of rotatable bonds is 5. The smallest absolute Gasteiger partial charge is 0.416 e. The molecule has 2 rings (SSSR count). The minimum Gasteiger partial charge on any atom is -0.496 e. The van der Waals surface area contributed by atoms with E-state index in [0.717, 1.165) is 18.5 Å². The number of carbonyl (C=O) groups excluding carboxylic acids is 1. The minimum atomic E-state index is -4.38. The number of ether oxygens (including phenoxy) is 1. The van der Waals surface area contributed by atoms with Gasteiger partial charge in [0.25, 0.3) is 0 Å². The van der Waals surface area contributed by atoms with Gasteiger partial charge >= 0.3 is 6.18 Å². The van der Waals surface area contributed by atoms with Crippen molar-refractivity contribution in [3.05, 3.63) is 29.3 Å². The molecule has 1 fully saturated rings. The summed E-state index contributed by atoms with van der Waals surface area (Å²) < 4.78 is 42.8. The van der Waals surface area contributed by atoms with Crippen LogP contribution in [0.2, 0.25) is 0 Å². The summed E-state index contributed by atoms with van der Waals surface area (Å²) in [7, 11) is 1.34. The van der Waals surface area contributed by atoms with E-state index in [-0.39, 0.29) is 11.8 Å². The molecule has 7 heteroatoms. The molecule has 4 nitrogen and oxygen atoms in total. The Hall–Kier alpha value is -1.76. The Labute approximate surface area is 114 Å². The van der Waals surface area contributed by atoms with E-state index >= 15 is 0 Å². The molecule has 0 spiro atoms. The number of likely N-dealkylation sites (tertiary alicyclic amines) is 1. The highest BCUT2D eigenvalue weighted by molar-refractivity contribution is 5.49. The van der Waals surface area contributed by atoms with Crippen molar-refractivity contribution >= 4 is 6.41 Å². The summed E-state index contributed by atoms with van der Waals surface area (Å²) in [5.74, 6) is 0.207. The monoisotopic (exact) mass is 288 g/mol. The minimum absolute atomic E-state index is 0.173. The lowest BCUT2D eigenvalue weighted by Crippen LogP contribution is -2.56. The van der Waals surface area contributed by atoms with Crippen LogP contribution in [0.25, 0.3) is 0 Å². The highest BCUT2D eigenvalue weighted by Crippen LogP contribution is 2.33. The molecular weight excluding hydrogens is 273 g/mol. The first-order valence-electron chi connectivity index (χ1n) is 6.11. The lowest BCUT2D eigenvalue weighted by molar-refractivity contribution is -0.137. The first kappa shape index (κ1) is 14.6. The first-order valence-corrected chi connectivity index (χ1v) is 6.11. The Bertz CT molecular complexity index is 485. The van der Waals surface area contributed by atoms with Gasteiger partial charge in [0.05, 0.1) is 12.7 Å². The van der Waals surface area contributed by atoms with Gasteiger partial charge in [0.15, 0.2) is 0 Å². The largest absolute Gasteiger partial charge is 0.496 e. The molecule has 1 aromatic carbocycles. The van der Waals surface area contributed by atoms with E-state index < -0.39 is 11.7 Å². The summed E-state index contributed by atoms with van der Waals surface area (Å²) in [5, 5.41) is 3.17. The highest BCUT2D eigenvalue weighted by Gasteiger charge is 2.31. The number of carbonyl (C=O) groups is 1. The molecule has 0 unspecified atom stereocenters. The first-order chi connectivity index (χ1) is 9.44. The van der Waals surface area contributed by atoms with Gasteiger partial charge in [-0.05, 0) is 12.1 Å².